The topological polar surface area (TPSA) is 69.6 Å². The first kappa shape index (κ1) is 18.5. The van der Waals surface area contributed by atoms with Crippen LogP contribution in [0.15, 0.2) is 48.5 Å². The zero-order valence-corrected chi connectivity index (χ0v) is 15.5. The number of nitrogens with zero attached hydrogens (tertiary/aromatic N) is 1. The Hall–Kier alpha value is -2.89. The molecule has 0 aromatic heterocycles. The van der Waals surface area contributed by atoms with Crippen molar-refractivity contribution in [1.82, 2.24) is 10.2 Å². The van der Waals surface area contributed by atoms with Gasteiger partial charge >= 0.3 is 6.09 Å². The Morgan fingerprint density at radius 2 is 1.82 bits per heavy atom. The minimum absolute atomic E-state index is 0.0752. The Bertz CT molecular complexity index is 878. The lowest BCUT2D eigenvalue weighted by Crippen LogP contribution is -2.48. The molecule has 1 aliphatic carbocycles. The smallest absolute Gasteiger partial charge is 0.404 e. The van der Waals surface area contributed by atoms with Gasteiger partial charge < -0.3 is 15.3 Å². The van der Waals surface area contributed by atoms with Crippen molar-refractivity contribution in [2.24, 2.45) is 11.8 Å². The van der Waals surface area contributed by atoms with Crippen LogP contribution in [0.25, 0.3) is 0 Å². The zero-order valence-electron chi connectivity index (χ0n) is 15.5. The van der Waals surface area contributed by atoms with E-state index in [4.69, 9.17) is 5.11 Å². The molecule has 1 heterocycles. The number of halogens is 1. The number of amides is 2. The standard InChI is InChI=1S/C22H23FN2O3/c23-18-7-5-16(6-8-18)20-19-4-2-1-3-15(19)9-10-25(20)21(26)17-11-14(12-17)13-24-22(27)28/h1-8,14,17,20,24H,9-13H2,(H,27,28)/t14-,17+,20-/m0/s1. The van der Waals surface area contributed by atoms with E-state index in [-0.39, 0.29) is 29.6 Å². The molecule has 1 atom stereocenters. The number of nitrogens with one attached hydrogen (secondary N) is 1. The first-order valence-electron chi connectivity index (χ1n) is 9.63. The van der Waals surface area contributed by atoms with E-state index in [0.717, 1.165) is 17.5 Å². The van der Waals surface area contributed by atoms with Gasteiger partial charge in [-0.25, -0.2) is 9.18 Å². The van der Waals surface area contributed by atoms with Crippen LogP contribution in [0.4, 0.5) is 9.18 Å². The molecule has 4 rings (SSSR count). The highest BCUT2D eigenvalue weighted by Crippen LogP contribution is 2.40. The summed E-state index contributed by atoms with van der Waals surface area (Å²) < 4.78 is 13.4. The molecule has 2 amide bonds. The predicted octanol–water partition coefficient (Wildman–Crippen LogP) is 3.59. The van der Waals surface area contributed by atoms with Crippen molar-refractivity contribution in [2.75, 3.05) is 13.1 Å². The summed E-state index contributed by atoms with van der Waals surface area (Å²) in [5.41, 5.74) is 3.22. The van der Waals surface area contributed by atoms with E-state index in [1.165, 1.54) is 17.7 Å². The number of carbonyl (C=O) groups is 2. The molecule has 5 nitrogen and oxygen atoms in total. The van der Waals surface area contributed by atoms with Gasteiger partial charge in [0, 0.05) is 19.0 Å². The number of benzene rings is 2. The second-order valence-electron chi connectivity index (χ2n) is 7.65. The molecule has 2 aromatic carbocycles. The summed E-state index contributed by atoms with van der Waals surface area (Å²) in [6, 6.07) is 14.3. The van der Waals surface area contributed by atoms with Crippen LogP contribution in [0.2, 0.25) is 0 Å². The molecule has 2 aromatic rings. The quantitative estimate of drug-likeness (QED) is 0.849. The summed E-state index contributed by atoms with van der Waals surface area (Å²) >= 11 is 0. The lowest BCUT2D eigenvalue weighted by atomic mass is 9.73. The van der Waals surface area contributed by atoms with Gasteiger partial charge in [0.2, 0.25) is 5.91 Å². The average molecular weight is 382 g/mol. The number of rotatable bonds is 4. The molecular weight excluding hydrogens is 359 g/mol. The van der Waals surface area contributed by atoms with Crippen LogP contribution in [0.3, 0.4) is 0 Å². The van der Waals surface area contributed by atoms with Crippen LogP contribution in [0.5, 0.6) is 0 Å². The van der Waals surface area contributed by atoms with Crippen molar-refractivity contribution in [3.8, 4) is 0 Å². The van der Waals surface area contributed by atoms with Crippen LogP contribution in [0.1, 0.15) is 35.6 Å². The molecular formula is C22H23FN2O3. The van der Waals surface area contributed by atoms with E-state index in [1.54, 1.807) is 12.1 Å². The van der Waals surface area contributed by atoms with E-state index in [2.05, 4.69) is 11.4 Å². The van der Waals surface area contributed by atoms with Crippen molar-refractivity contribution in [2.45, 2.75) is 25.3 Å². The molecule has 0 radical (unpaired) electrons. The largest absolute Gasteiger partial charge is 0.465 e. The van der Waals surface area contributed by atoms with E-state index < -0.39 is 6.09 Å². The lowest BCUT2D eigenvalue weighted by Gasteiger charge is -2.43. The minimum atomic E-state index is -1.03. The fourth-order valence-electron chi connectivity index (χ4n) is 4.38. The molecule has 1 fully saturated rings. The van der Waals surface area contributed by atoms with Gasteiger partial charge in [-0.3, -0.25) is 4.79 Å². The number of fused-ring (bicyclic) bond motifs is 1. The second kappa shape index (κ2) is 7.62. The summed E-state index contributed by atoms with van der Waals surface area (Å²) in [5.74, 6) is -0.0471. The second-order valence-corrected chi connectivity index (χ2v) is 7.65. The molecule has 1 saturated carbocycles. The van der Waals surface area contributed by atoms with Crippen LogP contribution < -0.4 is 5.32 Å². The van der Waals surface area contributed by atoms with Crippen LogP contribution in [-0.2, 0) is 11.2 Å². The van der Waals surface area contributed by atoms with E-state index >= 15 is 0 Å². The molecule has 2 aliphatic rings. The van der Waals surface area contributed by atoms with Gasteiger partial charge in [0.1, 0.15) is 5.82 Å². The number of carbonyl (C=O) groups excluding carboxylic acids is 1. The molecule has 0 bridgehead atoms. The van der Waals surface area contributed by atoms with Crippen molar-refractivity contribution < 1.29 is 19.1 Å². The SMILES string of the molecule is O=C(O)NC[C@H]1C[C@@H](C(=O)N2CCc3ccccc3[C@@H]2c2ccc(F)cc2)C1. The predicted molar refractivity (Wildman–Crippen MR) is 102 cm³/mol. The third-order valence-corrected chi connectivity index (χ3v) is 5.88. The summed E-state index contributed by atoms with van der Waals surface area (Å²) in [6.07, 6.45) is 1.18. The van der Waals surface area contributed by atoms with E-state index in [0.29, 0.717) is 25.9 Å². The maximum absolute atomic E-state index is 13.4. The monoisotopic (exact) mass is 382 g/mol. The first-order valence-corrected chi connectivity index (χ1v) is 9.63. The Labute approximate surface area is 163 Å². The van der Waals surface area contributed by atoms with E-state index in [1.807, 2.05) is 23.1 Å². The van der Waals surface area contributed by atoms with Gasteiger partial charge in [-0.2, -0.15) is 0 Å². The van der Waals surface area contributed by atoms with Crippen molar-refractivity contribution >= 4 is 12.0 Å². The van der Waals surface area contributed by atoms with Crippen LogP contribution >= 0.6 is 0 Å². The van der Waals surface area contributed by atoms with Gasteiger partial charge in [0.05, 0.1) is 6.04 Å². The third-order valence-electron chi connectivity index (χ3n) is 5.88. The molecule has 28 heavy (non-hydrogen) atoms. The Balaban J connectivity index is 1.55. The van der Waals surface area contributed by atoms with Gasteiger partial charge in [-0.05, 0) is 54.0 Å². The number of hydrogen-bond acceptors (Lipinski definition) is 2. The summed E-state index contributed by atoms with van der Waals surface area (Å²) in [4.78, 5) is 25.8. The molecule has 0 spiro atoms. The fraction of sp³-hybridized carbons (Fsp3) is 0.364. The van der Waals surface area contributed by atoms with Gasteiger partial charge in [0.25, 0.3) is 0 Å². The summed E-state index contributed by atoms with van der Waals surface area (Å²) in [5, 5.41) is 11.1. The molecule has 1 aliphatic heterocycles. The third kappa shape index (κ3) is 3.59. The zero-order chi connectivity index (χ0) is 19.7. The highest BCUT2D eigenvalue weighted by molar-refractivity contribution is 5.81. The molecule has 0 unspecified atom stereocenters. The Morgan fingerprint density at radius 3 is 2.54 bits per heavy atom. The summed E-state index contributed by atoms with van der Waals surface area (Å²) in [6.45, 7) is 1.02. The maximum Gasteiger partial charge on any atom is 0.404 e. The van der Waals surface area contributed by atoms with Gasteiger partial charge in [0.15, 0.2) is 0 Å². The van der Waals surface area contributed by atoms with Crippen LogP contribution in [-0.4, -0.2) is 35.1 Å². The molecule has 6 heteroatoms. The van der Waals surface area contributed by atoms with Crippen molar-refractivity contribution in [3.05, 3.63) is 71.0 Å². The summed E-state index contributed by atoms with van der Waals surface area (Å²) in [7, 11) is 0. The maximum atomic E-state index is 13.4. The van der Waals surface area contributed by atoms with Crippen molar-refractivity contribution in [3.63, 3.8) is 0 Å². The van der Waals surface area contributed by atoms with Crippen molar-refractivity contribution in [1.29, 1.82) is 0 Å². The Kier molecular flexibility index (Phi) is 5.03. The fourth-order valence-corrected chi connectivity index (χ4v) is 4.38. The number of carboxylic acid groups (broad SMARTS) is 1. The van der Waals surface area contributed by atoms with Crippen LogP contribution in [0, 0.1) is 17.7 Å². The highest BCUT2D eigenvalue weighted by atomic mass is 19.1. The van der Waals surface area contributed by atoms with E-state index in [9.17, 15) is 14.0 Å². The minimum Gasteiger partial charge on any atom is -0.465 e. The Morgan fingerprint density at radius 1 is 1.11 bits per heavy atom. The number of hydrogen-bond donors (Lipinski definition) is 2. The highest BCUT2D eigenvalue weighted by Gasteiger charge is 2.40. The lowest BCUT2D eigenvalue weighted by molar-refractivity contribution is -0.142. The first-order chi connectivity index (χ1) is 13.5. The molecule has 0 saturated heterocycles. The average Bonchev–Trinajstić information content (AvgIpc) is 2.66. The molecule has 2 N–H and O–H groups in total. The normalized spacial score (nSPS) is 23.5. The van der Waals surface area contributed by atoms with Gasteiger partial charge in [-0.15, -0.1) is 0 Å². The molecule has 146 valence electrons. The van der Waals surface area contributed by atoms with Gasteiger partial charge in [-0.1, -0.05) is 36.4 Å².